The molecular weight excluding hydrogens is 368 g/mol. The lowest BCUT2D eigenvalue weighted by Crippen LogP contribution is -2.38. The molecule has 1 amide bonds. The molecule has 0 saturated carbocycles. The van der Waals surface area contributed by atoms with Crippen LogP contribution in [0.2, 0.25) is 0 Å². The molecule has 0 radical (unpaired) electrons. The minimum Gasteiger partial charge on any atom is -0.339 e. The molecule has 25 heavy (non-hydrogen) atoms. The van der Waals surface area contributed by atoms with Crippen molar-refractivity contribution in [1.82, 2.24) is 4.90 Å². The van der Waals surface area contributed by atoms with E-state index in [4.69, 9.17) is 0 Å². The lowest BCUT2D eigenvalue weighted by atomic mass is 9.91. The molecule has 1 aromatic carbocycles. The zero-order chi connectivity index (χ0) is 18.0. The highest BCUT2D eigenvalue weighted by Gasteiger charge is 2.33. The van der Waals surface area contributed by atoms with Gasteiger partial charge in [-0.15, -0.1) is 0 Å². The molecule has 0 bridgehead atoms. The van der Waals surface area contributed by atoms with Crippen molar-refractivity contribution in [1.29, 1.82) is 0 Å². The van der Waals surface area contributed by atoms with Crippen molar-refractivity contribution in [2.24, 2.45) is 0 Å². The fourth-order valence-electron chi connectivity index (χ4n) is 3.08. The number of carbonyl (C=O) groups is 1. The molecule has 8 heteroatoms. The van der Waals surface area contributed by atoms with Gasteiger partial charge in [0.05, 0.1) is 10.5 Å². The number of nitrogens with zero attached hydrogens (tertiary/aromatic N) is 1. The van der Waals surface area contributed by atoms with E-state index in [0.29, 0.717) is 19.0 Å². The molecule has 0 atom stereocenters. The van der Waals surface area contributed by atoms with Gasteiger partial charge < -0.3 is 4.90 Å². The normalized spacial score (nSPS) is 16.4. The van der Waals surface area contributed by atoms with Gasteiger partial charge in [-0.2, -0.15) is 20.1 Å². The van der Waals surface area contributed by atoms with E-state index >= 15 is 0 Å². The van der Waals surface area contributed by atoms with Crippen LogP contribution in [-0.4, -0.2) is 38.1 Å². The number of amides is 1. The van der Waals surface area contributed by atoms with Crippen LogP contribution in [0.4, 0.5) is 8.78 Å². The first-order valence-corrected chi connectivity index (χ1v) is 10.3. The van der Waals surface area contributed by atoms with E-state index in [1.54, 1.807) is 16.2 Å². The Morgan fingerprint density at radius 3 is 2.44 bits per heavy atom. The summed E-state index contributed by atoms with van der Waals surface area (Å²) in [6, 6.07) is 7.25. The third-order valence-electron chi connectivity index (χ3n) is 4.46. The maximum atomic E-state index is 12.9. The standard InChI is InChI=1S/C17H17F2NO3S2/c18-17(19)25(22,23)15-4-2-1-3-14(15)16(21)20-8-5-12(6-9-20)13-7-10-24-11-13/h1-4,7,10-12,17H,5-6,8-9H2. The Balaban J connectivity index is 1.79. The number of halogens is 2. The van der Waals surface area contributed by atoms with Crippen LogP contribution in [0.25, 0.3) is 0 Å². The second kappa shape index (κ2) is 7.21. The summed E-state index contributed by atoms with van der Waals surface area (Å²) in [4.78, 5) is 13.6. The molecule has 4 nitrogen and oxygen atoms in total. The molecule has 2 heterocycles. The monoisotopic (exact) mass is 385 g/mol. The number of piperidine rings is 1. The molecular formula is C17H17F2NO3S2. The molecule has 1 aliphatic heterocycles. The van der Waals surface area contributed by atoms with Crippen LogP contribution in [0.15, 0.2) is 46.0 Å². The van der Waals surface area contributed by atoms with Crippen molar-refractivity contribution in [2.75, 3.05) is 13.1 Å². The number of alkyl halides is 2. The molecule has 3 rings (SSSR count). The highest BCUT2D eigenvalue weighted by Crippen LogP contribution is 2.31. The van der Waals surface area contributed by atoms with Crippen LogP contribution in [0.5, 0.6) is 0 Å². The van der Waals surface area contributed by atoms with Gasteiger partial charge in [0.2, 0.25) is 9.84 Å². The molecule has 134 valence electrons. The molecule has 0 aliphatic carbocycles. The molecule has 0 unspecified atom stereocenters. The van der Waals surface area contributed by atoms with Crippen LogP contribution < -0.4 is 0 Å². The SMILES string of the molecule is O=C(c1ccccc1S(=O)(=O)C(F)F)N1CCC(c2ccsc2)CC1. The average Bonchev–Trinajstić information content (AvgIpc) is 3.16. The van der Waals surface area contributed by atoms with Crippen molar-refractivity contribution in [3.05, 3.63) is 52.2 Å². The summed E-state index contributed by atoms with van der Waals surface area (Å²) in [6.45, 7) is 0.949. The Morgan fingerprint density at radius 1 is 1.16 bits per heavy atom. The molecule has 1 aromatic heterocycles. The van der Waals surface area contributed by atoms with Crippen molar-refractivity contribution in [3.63, 3.8) is 0 Å². The van der Waals surface area contributed by atoms with Crippen molar-refractivity contribution >= 4 is 27.1 Å². The average molecular weight is 385 g/mol. The van der Waals surface area contributed by atoms with Crippen LogP contribution in [0.1, 0.15) is 34.7 Å². The summed E-state index contributed by atoms with van der Waals surface area (Å²) < 4.78 is 49.4. The van der Waals surface area contributed by atoms with Gasteiger partial charge in [0.15, 0.2) is 0 Å². The first-order chi connectivity index (χ1) is 11.9. The second-order valence-electron chi connectivity index (χ2n) is 5.92. The molecule has 0 spiro atoms. The fourth-order valence-corrected chi connectivity index (χ4v) is 4.75. The largest absolute Gasteiger partial charge is 0.341 e. The Morgan fingerprint density at radius 2 is 1.84 bits per heavy atom. The number of hydrogen-bond donors (Lipinski definition) is 0. The minimum atomic E-state index is -4.82. The third kappa shape index (κ3) is 3.59. The van der Waals surface area contributed by atoms with Crippen LogP contribution in [-0.2, 0) is 9.84 Å². The van der Waals surface area contributed by atoms with Gasteiger partial charge in [-0.05, 0) is 53.3 Å². The lowest BCUT2D eigenvalue weighted by molar-refractivity contribution is 0.0709. The van der Waals surface area contributed by atoms with Crippen molar-refractivity contribution < 1.29 is 22.0 Å². The predicted molar refractivity (Wildman–Crippen MR) is 91.8 cm³/mol. The van der Waals surface area contributed by atoms with Gasteiger partial charge in [0.1, 0.15) is 0 Å². The van der Waals surface area contributed by atoms with Gasteiger partial charge in [0.25, 0.3) is 5.91 Å². The number of sulfone groups is 1. The smallest absolute Gasteiger partial charge is 0.339 e. The predicted octanol–water partition coefficient (Wildman–Crippen LogP) is 3.76. The van der Waals surface area contributed by atoms with E-state index in [9.17, 15) is 22.0 Å². The maximum Gasteiger partial charge on any atom is 0.341 e. The second-order valence-corrected chi connectivity index (χ2v) is 8.59. The molecule has 1 aliphatic rings. The van der Waals surface area contributed by atoms with Gasteiger partial charge in [-0.1, -0.05) is 12.1 Å². The number of hydrogen-bond acceptors (Lipinski definition) is 4. The number of rotatable bonds is 4. The number of thiophene rings is 1. The molecule has 0 N–H and O–H groups in total. The molecule has 1 fully saturated rings. The van der Waals surface area contributed by atoms with Crippen molar-refractivity contribution in [2.45, 2.75) is 29.4 Å². The van der Waals surface area contributed by atoms with Gasteiger partial charge in [-0.25, -0.2) is 8.42 Å². The maximum absolute atomic E-state index is 12.9. The van der Waals surface area contributed by atoms with E-state index in [2.05, 4.69) is 11.4 Å². The van der Waals surface area contributed by atoms with E-state index in [-0.39, 0.29) is 5.56 Å². The summed E-state index contributed by atoms with van der Waals surface area (Å²) in [5, 5.41) is 4.10. The van der Waals surface area contributed by atoms with E-state index < -0.39 is 26.4 Å². The van der Waals surface area contributed by atoms with Gasteiger partial charge in [0, 0.05) is 13.1 Å². The molecule has 1 saturated heterocycles. The zero-order valence-electron chi connectivity index (χ0n) is 13.3. The molecule has 2 aromatic rings. The minimum absolute atomic E-state index is 0.184. The number of likely N-dealkylation sites (tertiary alicyclic amines) is 1. The Hall–Kier alpha value is -1.80. The van der Waals surface area contributed by atoms with E-state index in [0.717, 1.165) is 18.9 Å². The summed E-state index contributed by atoms with van der Waals surface area (Å²) in [5.41, 5.74) is 1.06. The van der Waals surface area contributed by atoms with E-state index in [1.807, 2.05) is 5.38 Å². The highest BCUT2D eigenvalue weighted by molar-refractivity contribution is 7.91. The summed E-state index contributed by atoms with van der Waals surface area (Å²) in [7, 11) is -4.82. The van der Waals surface area contributed by atoms with Crippen LogP contribution in [0.3, 0.4) is 0 Å². The fraction of sp³-hybridized carbons (Fsp3) is 0.353. The summed E-state index contributed by atoms with van der Waals surface area (Å²) in [6.07, 6.45) is 1.54. The topological polar surface area (TPSA) is 54.5 Å². The Kier molecular flexibility index (Phi) is 5.19. The van der Waals surface area contributed by atoms with Gasteiger partial charge in [-0.3, -0.25) is 4.79 Å². The summed E-state index contributed by atoms with van der Waals surface area (Å²) >= 11 is 1.63. The van der Waals surface area contributed by atoms with Crippen molar-refractivity contribution in [3.8, 4) is 0 Å². The Labute approximate surface area is 149 Å². The van der Waals surface area contributed by atoms with E-state index in [1.165, 1.54) is 23.8 Å². The Bertz CT molecular complexity index is 843. The first kappa shape index (κ1) is 18.0. The third-order valence-corrected chi connectivity index (χ3v) is 6.59. The van der Waals surface area contributed by atoms with Gasteiger partial charge >= 0.3 is 5.76 Å². The highest BCUT2D eigenvalue weighted by atomic mass is 32.2. The quantitative estimate of drug-likeness (QED) is 0.805. The van der Waals surface area contributed by atoms with Crippen LogP contribution >= 0.6 is 11.3 Å². The summed E-state index contributed by atoms with van der Waals surface area (Å²) in [5.74, 6) is -3.69. The lowest BCUT2D eigenvalue weighted by Gasteiger charge is -2.32. The first-order valence-electron chi connectivity index (χ1n) is 7.83. The zero-order valence-corrected chi connectivity index (χ0v) is 14.9. The number of carbonyl (C=O) groups excluding carboxylic acids is 1. The van der Waals surface area contributed by atoms with Crippen LogP contribution in [0, 0.1) is 0 Å². The number of benzene rings is 1.